The van der Waals surface area contributed by atoms with Crippen LogP contribution in [0.15, 0.2) is 60.8 Å². The second-order valence-electron chi connectivity index (χ2n) is 7.45. The Morgan fingerprint density at radius 2 is 1.81 bits per heavy atom. The van der Waals surface area contributed by atoms with Gasteiger partial charge in [0.1, 0.15) is 5.82 Å². The number of carbonyl (C=O) groups excluding carboxylic acids is 1. The minimum absolute atomic E-state index is 0.162. The zero-order valence-electron chi connectivity index (χ0n) is 17.7. The second-order valence-corrected chi connectivity index (χ2v) is 7.45. The van der Waals surface area contributed by atoms with Gasteiger partial charge in [0.25, 0.3) is 5.91 Å². The van der Waals surface area contributed by atoms with Crippen molar-refractivity contribution in [3.05, 3.63) is 77.7 Å². The first-order chi connectivity index (χ1) is 15.2. The maximum Gasteiger partial charge on any atom is 0.259 e. The molecule has 0 saturated carbocycles. The maximum absolute atomic E-state index is 13.0. The zero-order chi connectivity index (χ0) is 21.5. The number of carbonyl (C=O) groups is 1. The van der Waals surface area contributed by atoms with E-state index in [9.17, 15) is 4.79 Å². The zero-order valence-corrected chi connectivity index (χ0v) is 17.7. The van der Waals surface area contributed by atoms with Crippen molar-refractivity contribution in [3.8, 4) is 0 Å². The number of rotatable bonds is 7. The predicted molar refractivity (Wildman–Crippen MR) is 123 cm³/mol. The molecule has 0 unspecified atom stereocenters. The molecular formula is C24H27N5O2. The minimum atomic E-state index is -0.162. The molecule has 3 heterocycles. The van der Waals surface area contributed by atoms with Crippen molar-refractivity contribution in [1.82, 2.24) is 9.97 Å². The van der Waals surface area contributed by atoms with Gasteiger partial charge in [0.05, 0.1) is 18.8 Å². The second kappa shape index (κ2) is 10.0. The molecule has 0 spiro atoms. The molecule has 2 aromatic heterocycles. The third-order valence-electron chi connectivity index (χ3n) is 5.15. The van der Waals surface area contributed by atoms with Crippen LogP contribution in [0.25, 0.3) is 0 Å². The predicted octanol–water partition coefficient (Wildman–Crippen LogP) is 3.53. The normalized spacial score (nSPS) is 13.6. The van der Waals surface area contributed by atoms with Gasteiger partial charge in [-0.2, -0.15) is 0 Å². The van der Waals surface area contributed by atoms with Crippen LogP contribution in [-0.4, -0.2) is 48.7 Å². The first-order valence-corrected chi connectivity index (χ1v) is 10.5. The topological polar surface area (TPSA) is 79.4 Å². The summed E-state index contributed by atoms with van der Waals surface area (Å²) in [6, 6.07) is 17.4. The summed E-state index contributed by atoms with van der Waals surface area (Å²) < 4.78 is 5.43. The highest BCUT2D eigenvalue weighted by Gasteiger charge is 2.20. The van der Waals surface area contributed by atoms with Gasteiger partial charge in [0.15, 0.2) is 0 Å². The smallest absolute Gasteiger partial charge is 0.259 e. The molecule has 1 amide bonds. The first kappa shape index (κ1) is 20.8. The molecule has 0 aliphatic carbocycles. The number of morpholine rings is 1. The molecule has 0 radical (unpaired) electrons. The molecule has 0 bridgehead atoms. The lowest BCUT2D eigenvalue weighted by atomic mass is 10.2. The van der Waals surface area contributed by atoms with Crippen molar-refractivity contribution in [3.63, 3.8) is 0 Å². The molecule has 1 fully saturated rings. The molecular weight excluding hydrogens is 390 g/mol. The highest BCUT2D eigenvalue weighted by molar-refractivity contribution is 6.07. The van der Waals surface area contributed by atoms with Crippen LogP contribution < -0.4 is 15.5 Å². The van der Waals surface area contributed by atoms with Crippen molar-refractivity contribution in [2.24, 2.45) is 0 Å². The Balaban J connectivity index is 1.37. The summed E-state index contributed by atoms with van der Waals surface area (Å²) >= 11 is 0. The van der Waals surface area contributed by atoms with Crippen LogP contribution in [0.4, 0.5) is 17.2 Å². The Kier molecular flexibility index (Phi) is 6.74. The number of benzene rings is 1. The van der Waals surface area contributed by atoms with Crippen LogP contribution >= 0.6 is 0 Å². The summed E-state index contributed by atoms with van der Waals surface area (Å²) in [7, 11) is 0. The summed E-state index contributed by atoms with van der Waals surface area (Å²) in [6.07, 6.45) is 2.66. The van der Waals surface area contributed by atoms with E-state index in [0.717, 1.165) is 48.8 Å². The molecule has 1 aliphatic rings. The number of amides is 1. The van der Waals surface area contributed by atoms with Gasteiger partial charge in [-0.05, 0) is 55.5 Å². The van der Waals surface area contributed by atoms with Gasteiger partial charge in [-0.3, -0.25) is 9.78 Å². The van der Waals surface area contributed by atoms with E-state index in [0.29, 0.717) is 24.6 Å². The highest BCUT2D eigenvalue weighted by Crippen LogP contribution is 2.22. The summed E-state index contributed by atoms with van der Waals surface area (Å²) in [5, 5.41) is 6.37. The van der Waals surface area contributed by atoms with Crippen molar-refractivity contribution in [2.75, 3.05) is 48.4 Å². The van der Waals surface area contributed by atoms with Gasteiger partial charge in [-0.1, -0.05) is 6.07 Å². The van der Waals surface area contributed by atoms with E-state index in [1.54, 1.807) is 6.20 Å². The molecule has 1 aromatic carbocycles. The largest absolute Gasteiger partial charge is 0.385 e. The van der Waals surface area contributed by atoms with Crippen LogP contribution in [0.2, 0.25) is 0 Å². The Morgan fingerprint density at radius 1 is 1.03 bits per heavy atom. The number of aryl methyl sites for hydroxylation is 1. The van der Waals surface area contributed by atoms with Crippen molar-refractivity contribution < 1.29 is 9.53 Å². The van der Waals surface area contributed by atoms with E-state index in [-0.39, 0.29) is 5.91 Å². The quantitative estimate of drug-likeness (QED) is 0.612. The molecule has 4 rings (SSSR count). The van der Waals surface area contributed by atoms with Gasteiger partial charge in [-0.25, -0.2) is 4.98 Å². The average Bonchev–Trinajstić information content (AvgIpc) is 2.81. The molecule has 7 nitrogen and oxygen atoms in total. The van der Waals surface area contributed by atoms with E-state index in [2.05, 4.69) is 25.5 Å². The average molecular weight is 418 g/mol. The van der Waals surface area contributed by atoms with Crippen molar-refractivity contribution in [2.45, 2.75) is 13.3 Å². The Labute approximate surface area is 182 Å². The summed E-state index contributed by atoms with van der Waals surface area (Å²) in [4.78, 5) is 24.0. The molecule has 0 atom stereocenters. The van der Waals surface area contributed by atoms with Gasteiger partial charge in [0, 0.05) is 55.0 Å². The van der Waals surface area contributed by atoms with E-state index in [4.69, 9.17) is 4.74 Å². The number of pyridine rings is 2. The van der Waals surface area contributed by atoms with Crippen LogP contribution in [0.5, 0.6) is 0 Å². The van der Waals surface area contributed by atoms with Crippen molar-refractivity contribution >= 4 is 23.1 Å². The summed E-state index contributed by atoms with van der Waals surface area (Å²) in [6.45, 7) is 5.48. The lowest BCUT2D eigenvalue weighted by Gasteiger charge is -2.29. The number of nitrogens with zero attached hydrogens (tertiary/aromatic N) is 3. The maximum atomic E-state index is 13.0. The Hall–Kier alpha value is -3.45. The van der Waals surface area contributed by atoms with Crippen LogP contribution in [0.1, 0.15) is 21.7 Å². The van der Waals surface area contributed by atoms with Gasteiger partial charge in [-0.15, -0.1) is 0 Å². The van der Waals surface area contributed by atoms with Gasteiger partial charge < -0.3 is 20.3 Å². The third-order valence-corrected chi connectivity index (χ3v) is 5.15. The van der Waals surface area contributed by atoms with Crippen LogP contribution in [0.3, 0.4) is 0 Å². The molecule has 31 heavy (non-hydrogen) atoms. The van der Waals surface area contributed by atoms with Gasteiger partial charge >= 0.3 is 0 Å². The number of nitrogens with one attached hydrogen (secondary N) is 2. The monoisotopic (exact) mass is 417 g/mol. The van der Waals surface area contributed by atoms with Crippen LogP contribution in [-0.2, 0) is 11.2 Å². The standard InChI is InChI=1S/C24H27N5O2/c1-18-5-10-22(23(27-18)29-14-16-31-17-15-29)24(30)28-21-8-6-20(7-9-21)26-13-11-19-4-2-3-12-25-19/h2-10,12,26H,11,13-17H2,1H3,(H,28,30). The molecule has 7 heteroatoms. The third kappa shape index (κ3) is 5.58. The number of hydrogen-bond donors (Lipinski definition) is 2. The first-order valence-electron chi connectivity index (χ1n) is 10.5. The number of aromatic nitrogens is 2. The molecule has 1 saturated heterocycles. The number of anilines is 3. The van der Waals surface area contributed by atoms with Crippen molar-refractivity contribution in [1.29, 1.82) is 0 Å². The minimum Gasteiger partial charge on any atom is -0.385 e. The fourth-order valence-electron chi connectivity index (χ4n) is 3.49. The highest BCUT2D eigenvalue weighted by atomic mass is 16.5. The van der Waals surface area contributed by atoms with E-state index >= 15 is 0 Å². The molecule has 160 valence electrons. The fourth-order valence-corrected chi connectivity index (χ4v) is 3.49. The Morgan fingerprint density at radius 3 is 2.55 bits per heavy atom. The summed E-state index contributed by atoms with van der Waals surface area (Å²) in [5.41, 5.74) is 4.26. The number of hydrogen-bond acceptors (Lipinski definition) is 6. The number of ether oxygens (including phenoxy) is 1. The molecule has 1 aliphatic heterocycles. The Bertz CT molecular complexity index is 1000. The lowest BCUT2D eigenvalue weighted by Crippen LogP contribution is -2.38. The van der Waals surface area contributed by atoms with Crippen LogP contribution in [0, 0.1) is 6.92 Å². The van der Waals surface area contributed by atoms with E-state index in [1.807, 2.05) is 61.5 Å². The SMILES string of the molecule is Cc1ccc(C(=O)Nc2ccc(NCCc3ccccn3)cc2)c(N2CCOCC2)n1. The molecule has 2 N–H and O–H groups in total. The van der Waals surface area contributed by atoms with E-state index in [1.165, 1.54) is 0 Å². The molecule has 3 aromatic rings. The van der Waals surface area contributed by atoms with E-state index < -0.39 is 0 Å². The lowest BCUT2D eigenvalue weighted by molar-refractivity contribution is 0.102. The summed E-state index contributed by atoms with van der Waals surface area (Å²) in [5.74, 6) is 0.554. The van der Waals surface area contributed by atoms with Gasteiger partial charge in [0.2, 0.25) is 0 Å². The fraction of sp³-hybridized carbons (Fsp3) is 0.292.